The van der Waals surface area contributed by atoms with Crippen LogP contribution in [0.25, 0.3) is 0 Å². The van der Waals surface area contributed by atoms with E-state index < -0.39 is 0 Å². The summed E-state index contributed by atoms with van der Waals surface area (Å²) in [4.78, 5) is 21.8. The van der Waals surface area contributed by atoms with Crippen molar-refractivity contribution in [1.29, 1.82) is 0 Å². The molecule has 104 valence electrons. The van der Waals surface area contributed by atoms with Gasteiger partial charge in [-0.25, -0.2) is 0 Å². The lowest BCUT2D eigenvalue weighted by molar-refractivity contribution is 0.1000. The Kier molecular flexibility index (Phi) is 2.97. The van der Waals surface area contributed by atoms with E-state index in [1.165, 1.54) is 7.11 Å². The van der Waals surface area contributed by atoms with Crippen LogP contribution in [-0.2, 0) is 4.84 Å². The molecule has 0 saturated heterocycles. The van der Waals surface area contributed by atoms with Gasteiger partial charge in [0.1, 0.15) is 18.5 Å². The van der Waals surface area contributed by atoms with Gasteiger partial charge in [0.2, 0.25) is 5.78 Å². The number of rotatable bonds is 2. The maximum absolute atomic E-state index is 12.7. The second-order valence-corrected chi connectivity index (χ2v) is 4.89. The van der Waals surface area contributed by atoms with E-state index in [0.717, 1.165) is 23.5 Å². The van der Waals surface area contributed by atoms with Crippen molar-refractivity contribution in [3.8, 4) is 0 Å². The summed E-state index contributed by atoms with van der Waals surface area (Å²) < 4.78 is 0. The van der Waals surface area contributed by atoms with Gasteiger partial charge in [0, 0.05) is 24.7 Å². The number of carbonyl (C=O) groups is 1. The SMILES string of the molecule is CCN1CN(C)C2=C1/C(=N\OC)c1ccccc1C2=O. The molecule has 0 saturated carbocycles. The molecule has 0 spiro atoms. The van der Waals surface area contributed by atoms with E-state index in [4.69, 9.17) is 4.84 Å². The van der Waals surface area contributed by atoms with Gasteiger partial charge >= 0.3 is 0 Å². The van der Waals surface area contributed by atoms with Crippen LogP contribution in [0.3, 0.4) is 0 Å². The zero-order valence-corrected chi connectivity index (χ0v) is 11.9. The second-order valence-electron chi connectivity index (χ2n) is 4.89. The van der Waals surface area contributed by atoms with Crippen molar-refractivity contribution >= 4 is 11.5 Å². The van der Waals surface area contributed by atoms with E-state index in [1.54, 1.807) is 0 Å². The molecule has 20 heavy (non-hydrogen) atoms. The molecule has 1 aliphatic heterocycles. The van der Waals surface area contributed by atoms with Crippen molar-refractivity contribution in [2.75, 3.05) is 27.4 Å². The first kappa shape index (κ1) is 12.7. The zero-order valence-electron chi connectivity index (χ0n) is 11.9. The summed E-state index contributed by atoms with van der Waals surface area (Å²) in [7, 11) is 3.46. The number of oxime groups is 1. The summed E-state index contributed by atoms with van der Waals surface area (Å²) in [6.07, 6.45) is 0. The van der Waals surface area contributed by atoms with Crippen molar-refractivity contribution in [2.24, 2.45) is 5.16 Å². The topological polar surface area (TPSA) is 45.1 Å². The monoisotopic (exact) mass is 271 g/mol. The van der Waals surface area contributed by atoms with Gasteiger partial charge in [-0.3, -0.25) is 4.79 Å². The van der Waals surface area contributed by atoms with E-state index in [9.17, 15) is 4.79 Å². The smallest absolute Gasteiger partial charge is 0.211 e. The number of nitrogens with zero attached hydrogens (tertiary/aromatic N) is 3. The summed E-state index contributed by atoms with van der Waals surface area (Å²) in [5.74, 6) is 0.0594. The summed E-state index contributed by atoms with van der Waals surface area (Å²) in [5.41, 5.74) is 3.85. The minimum atomic E-state index is 0.0594. The van der Waals surface area contributed by atoms with E-state index in [1.807, 2.05) is 36.2 Å². The van der Waals surface area contributed by atoms with Crippen molar-refractivity contribution < 1.29 is 9.63 Å². The minimum absolute atomic E-state index is 0.0594. The number of allylic oxidation sites excluding steroid dienone is 2. The Labute approximate surface area is 118 Å². The van der Waals surface area contributed by atoms with Crippen LogP contribution in [0.5, 0.6) is 0 Å². The summed E-state index contributed by atoms with van der Waals surface area (Å²) in [6.45, 7) is 3.59. The fourth-order valence-corrected chi connectivity index (χ4v) is 2.86. The van der Waals surface area contributed by atoms with Crippen LogP contribution in [0.4, 0.5) is 0 Å². The lowest BCUT2D eigenvalue weighted by Gasteiger charge is -2.23. The molecule has 1 heterocycles. The molecule has 0 fully saturated rings. The Hall–Kier alpha value is -2.30. The van der Waals surface area contributed by atoms with Gasteiger partial charge < -0.3 is 14.6 Å². The zero-order chi connectivity index (χ0) is 14.3. The Bertz CT molecular complexity index is 634. The number of hydrogen-bond donors (Lipinski definition) is 0. The molecule has 5 nitrogen and oxygen atoms in total. The van der Waals surface area contributed by atoms with Gasteiger partial charge in [0.05, 0.1) is 12.4 Å². The van der Waals surface area contributed by atoms with Crippen LogP contribution in [0.15, 0.2) is 40.8 Å². The predicted molar refractivity (Wildman–Crippen MR) is 76.4 cm³/mol. The summed E-state index contributed by atoms with van der Waals surface area (Å²) in [5, 5.41) is 4.17. The van der Waals surface area contributed by atoms with Gasteiger partial charge in [-0.1, -0.05) is 29.4 Å². The van der Waals surface area contributed by atoms with Crippen LogP contribution in [-0.4, -0.2) is 48.7 Å². The average Bonchev–Trinajstić information content (AvgIpc) is 2.80. The minimum Gasteiger partial charge on any atom is -0.399 e. The van der Waals surface area contributed by atoms with Crippen LogP contribution in [0.2, 0.25) is 0 Å². The highest BCUT2D eigenvalue weighted by atomic mass is 16.6. The first-order chi connectivity index (χ1) is 9.69. The molecule has 1 aliphatic carbocycles. The molecule has 0 amide bonds. The second kappa shape index (κ2) is 4.67. The fourth-order valence-electron chi connectivity index (χ4n) is 2.86. The fraction of sp³-hybridized carbons (Fsp3) is 0.333. The largest absolute Gasteiger partial charge is 0.399 e. The highest BCUT2D eigenvalue weighted by Gasteiger charge is 2.39. The van der Waals surface area contributed by atoms with E-state index in [-0.39, 0.29) is 5.78 Å². The van der Waals surface area contributed by atoms with E-state index in [0.29, 0.717) is 17.9 Å². The van der Waals surface area contributed by atoms with Crippen LogP contribution in [0, 0.1) is 0 Å². The van der Waals surface area contributed by atoms with Crippen LogP contribution < -0.4 is 0 Å². The van der Waals surface area contributed by atoms with Gasteiger partial charge in [-0.05, 0) is 6.92 Å². The van der Waals surface area contributed by atoms with E-state index in [2.05, 4.69) is 17.0 Å². The maximum Gasteiger partial charge on any atom is 0.211 e. The molecule has 0 atom stereocenters. The molecule has 0 unspecified atom stereocenters. The first-order valence-electron chi connectivity index (χ1n) is 6.65. The first-order valence-corrected chi connectivity index (χ1v) is 6.65. The lowest BCUT2D eigenvalue weighted by atomic mass is 9.89. The number of carbonyl (C=O) groups excluding carboxylic acids is 1. The van der Waals surface area contributed by atoms with Crippen molar-refractivity contribution in [3.63, 3.8) is 0 Å². The third-order valence-corrected chi connectivity index (χ3v) is 3.74. The molecule has 0 aromatic heterocycles. The Morgan fingerprint density at radius 3 is 2.60 bits per heavy atom. The van der Waals surface area contributed by atoms with Gasteiger partial charge in [-0.2, -0.15) is 0 Å². The lowest BCUT2D eigenvalue weighted by Crippen LogP contribution is -2.29. The molecule has 2 aliphatic rings. The Morgan fingerprint density at radius 1 is 1.25 bits per heavy atom. The molecule has 1 aromatic rings. The molecule has 1 aromatic carbocycles. The van der Waals surface area contributed by atoms with Crippen molar-refractivity contribution in [2.45, 2.75) is 6.92 Å². The summed E-state index contributed by atoms with van der Waals surface area (Å²) >= 11 is 0. The quantitative estimate of drug-likeness (QED) is 0.768. The third kappa shape index (κ3) is 1.62. The number of Topliss-reactive ketones (excluding diaryl/α,β-unsaturated/α-hetero) is 1. The number of benzene rings is 1. The molecule has 0 N–H and O–H groups in total. The number of likely N-dealkylation sites (N-methyl/N-ethyl adjacent to an activating group) is 2. The highest BCUT2D eigenvalue weighted by molar-refractivity contribution is 6.28. The predicted octanol–water partition coefficient (Wildman–Crippen LogP) is 1.67. The maximum atomic E-state index is 12.7. The normalized spacial score (nSPS) is 19.6. The molecule has 5 heteroatoms. The number of ketones is 1. The summed E-state index contributed by atoms with van der Waals surface area (Å²) in [6, 6.07) is 7.55. The average molecular weight is 271 g/mol. The van der Waals surface area contributed by atoms with E-state index >= 15 is 0 Å². The Morgan fingerprint density at radius 2 is 1.95 bits per heavy atom. The van der Waals surface area contributed by atoms with Gasteiger partial charge in [-0.15, -0.1) is 0 Å². The van der Waals surface area contributed by atoms with Crippen molar-refractivity contribution in [3.05, 3.63) is 46.8 Å². The number of hydrogen-bond acceptors (Lipinski definition) is 5. The molecule has 0 bridgehead atoms. The van der Waals surface area contributed by atoms with Crippen LogP contribution >= 0.6 is 0 Å². The molecule has 0 radical (unpaired) electrons. The third-order valence-electron chi connectivity index (χ3n) is 3.74. The number of fused-ring (bicyclic) bond motifs is 1. The van der Waals surface area contributed by atoms with Gasteiger partial charge in [0.15, 0.2) is 0 Å². The van der Waals surface area contributed by atoms with Crippen LogP contribution in [0.1, 0.15) is 22.8 Å². The molecular formula is C15H17N3O2. The molecule has 3 rings (SSSR count). The van der Waals surface area contributed by atoms with Crippen molar-refractivity contribution in [1.82, 2.24) is 9.80 Å². The standard InChI is InChI=1S/C15H17N3O2/c1-4-18-9-17(2)14-13(18)12(16-20-3)10-7-5-6-8-11(10)15(14)19/h5-8H,4,9H2,1-3H3/b16-12-. The molecular weight excluding hydrogens is 254 g/mol. The van der Waals surface area contributed by atoms with Gasteiger partial charge in [0.25, 0.3) is 0 Å². The Balaban J connectivity index is 2.26. The highest BCUT2D eigenvalue weighted by Crippen LogP contribution is 2.34.